The summed E-state index contributed by atoms with van der Waals surface area (Å²) in [6.45, 7) is 3.63. The van der Waals surface area contributed by atoms with Crippen LogP contribution in [0.2, 0.25) is 0 Å². The van der Waals surface area contributed by atoms with E-state index in [1.807, 2.05) is 6.92 Å². The summed E-state index contributed by atoms with van der Waals surface area (Å²) in [5, 5.41) is 0. The average molecular weight is 286 g/mol. The molecule has 2 nitrogen and oxygen atoms in total. The van der Waals surface area contributed by atoms with E-state index in [0.717, 1.165) is 36.9 Å². The van der Waals surface area contributed by atoms with E-state index in [9.17, 15) is 0 Å². The Kier molecular flexibility index (Phi) is 6.69. The van der Waals surface area contributed by atoms with Crippen LogP contribution in [0.25, 0.3) is 0 Å². The Bertz CT molecular complexity index is 286. The molecule has 0 heterocycles. The SMILES string of the molecule is CCOCCCC(N)Cc1ccc(Br)cc1. The van der Waals surface area contributed by atoms with Crippen LogP contribution in [0.5, 0.6) is 0 Å². The van der Waals surface area contributed by atoms with Crippen LogP contribution in [0.1, 0.15) is 25.3 Å². The fourth-order valence-corrected chi connectivity index (χ4v) is 1.88. The quantitative estimate of drug-likeness (QED) is 0.782. The van der Waals surface area contributed by atoms with Gasteiger partial charge in [-0.2, -0.15) is 0 Å². The molecule has 1 rings (SSSR count). The maximum Gasteiger partial charge on any atom is 0.0466 e. The minimum atomic E-state index is 0.238. The second-order valence-corrected chi connectivity index (χ2v) is 4.85. The molecule has 1 atom stereocenters. The highest BCUT2D eigenvalue weighted by Crippen LogP contribution is 2.12. The van der Waals surface area contributed by atoms with Crippen LogP contribution in [0.3, 0.4) is 0 Å². The van der Waals surface area contributed by atoms with Gasteiger partial charge in [-0.1, -0.05) is 28.1 Å². The van der Waals surface area contributed by atoms with Gasteiger partial charge in [0, 0.05) is 23.7 Å². The lowest BCUT2D eigenvalue weighted by Crippen LogP contribution is -2.23. The van der Waals surface area contributed by atoms with Crippen molar-refractivity contribution < 1.29 is 4.74 Å². The molecule has 0 spiro atoms. The lowest BCUT2D eigenvalue weighted by Gasteiger charge is -2.11. The van der Waals surface area contributed by atoms with Gasteiger partial charge in [0.05, 0.1) is 0 Å². The molecule has 1 aromatic rings. The van der Waals surface area contributed by atoms with Crippen molar-refractivity contribution in [2.45, 2.75) is 32.2 Å². The van der Waals surface area contributed by atoms with Gasteiger partial charge in [-0.05, 0) is 43.9 Å². The Morgan fingerprint density at radius 1 is 1.31 bits per heavy atom. The van der Waals surface area contributed by atoms with Gasteiger partial charge in [0.15, 0.2) is 0 Å². The van der Waals surface area contributed by atoms with Crippen LogP contribution in [0.15, 0.2) is 28.7 Å². The molecule has 0 bridgehead atoms. The van der Waals surface area contributed by atoms with Crippen molar-refractivity contribution >= 4 is 15.9 Å². The minimum Gasteiger partial charge on any atom is -0.382 e. The van der Waals surface area contributed by atoms with Crippen LogP contribution < -0.4 is 5.73 Å². The number of halogens is 1. The van der Waals surface area contributed by atoms with E-state index in [2.05, 4.69) is 40.2 Å². The molecule has 3 heteroatoms. The van der Waals surface area contributed by atoms with Gasteiger partial charge < -0.3 is 10.5 Å². The molecule has 1 unspecified atom stereocenters. The lowest BCUT2D eigenvalue weighted by atomic mass is 10.0. The van der Waals surface area contributed by atoms with E-state index >= 15 is 0 Å². The Morgan fingerprint density at radius 3 is 2.62 bits per heavy atom. The van der Waals surface area contributed by atoms with E-state index < -0.39 is 0 Å². The molecule has 90 valence electrons. The summed E-state index contributed by atoms with van der Waals surface area (Å²) in [7, 11) is 0. The molecule has 0 amide bonds. The first-order chi connectivity index (χ1) is 7.72. The predicted molar refractivity (Wildman–Crippen MR) is 71.5 cm³/mol. The van der Waals surface area contributed by atoms with Gasteiger partial charge in [0.25, 0.3) is 0 Å². The van der Waals surface area contributed by atoms with Crippen molar-refractivity contribution in [1.82, 2.24) is 0 Å². The molecule has 2 N–H and O–H groups in total. The van der Waals surface area contributed by atoms with Crippen molar-refractivity contribution in [2.24, 2.45) is 5.73 Å². The summed E-state index contributed by atoms with van der Waals surface area (Å²) >= 11 is 3.42. The van der Waals surface area contributed by atoms with E-state index in [-0.39, 0.29) is 6.04 Å². The third-order valence-corrected chi connectivity index (χ3v) is 3.01. The van der Waals surface area contributed by atoms with Gasteiger partial charge in [-0.25, -0.2) is 0 Å². The molecule has 0 aromatic heterocycles. The zero-order valence-corrected chi connectivity index (χ0v) is 11.4. The summed E-state index contributed by atoms with van der Waals surface area (Å²) in [6, 6.07) is 8.59. The first-order valence-electron chi connectivity index (χ1n) is 5.80. The van der Waals surface area contributed by atoms with Gasteiger partial charge in [-0.3, -0.25) is 0 Å². The molecule has 0 aliphatic rings. The molecule has 1 aromatic carbocycles. The van der Waals surface area contributed by atoms with Gasteiger partial charge in [-0.15, -0.1) is 0 Å². The largest absolute Gasteiger partial charge is 0.382 e. The molecule has 0 fully saturated rings. The first kappa shape index (κ1) is 13.7. The van der Waals surface area contributed by atoms with E-state index in [4.69, 9.17) is 10.5 Å². The molecule has 0 aliphatic carbocycles. The predicted octanol–water partition coefficient (Wildman–Crippen LogP) is 3.14. The number of rotatable bonds is 7. The van der Waals surface area contributed by atoms with Crippen LogP contribution >= 0.6 is 15.9 Å². The maximum atomic E-state index is 6.06. The molecule has 0 saturated heterocycles. The summed E-state index contributed by atoms with van der Waals surface area (Å²) in [5.74, 6) is 0. The standard InChI is InChI=1S/C13H20BrNO/c1-2-16-9-3-4-13(15)10-11-5-7-12(14)8-6-11/h5-8,13H,2-4,9-10,15H2,1H3. The van der Waals surface area contributed by atoms with E-state index in [0.29, 0.717) is 0 Å². The Hall–Kier alpha value is -0.380. The molecule has 0 saturated carbocycles. The molecule has 0 aliphatic heterocycles. The van der Waals surface area contributed by atoms with Crippen molar-refractivity contribution in [3.05, 3.63) is 34.3 Å². The minimum absolute atomic E-state index is 0.238. The molecular formula is C13H20BrNO. The van der Waals surface area contributed by atoms with Gasteiger partial charge in [0.2, 0.25) is 0 Å². The highest BCUT2D eigenvalue weighted by molar-refractivity contribution is 9.10. The molecular weight excluding hydrogens is 266 g/mol. The van der Waals surface area contributed by atoms with Crippen molar-refractivity contribution in [3.8, 4) is 0 Å². The van der Waals surface area contributed by atoms with E-state index in [1.54, 1.807) is 0 Å². The Morgan fingerprint density at radius 2 is 2.00 bits per heavy atom. The van der Waals surface area contributed by atoms with Crippen LogP contribution in [-0.4, -0.2) is 19.3 Å². The first-order valence-corrected chi connectivity index (χ1v) is 6.59. The Labute approximate surface area is 106 Å². The summed E-state index contributed by atoms with van der Waals surface area (Å²) in [5.41, 5.74) is 7.36. The van der Waals surface area contributed by atoms with Gasteiger partial charge in [0.1, 0.15) is 0 Å². The normalized spacial score (nSPS) is 12.7. The number of ether oxygens (including phenoxy) is 1. The molecule has 0 radical (unpaired) electrons. The van der Waals surface area contributed by atoms with Crippen LogP contribution in [-0.2, 0) is 11.2 Å². The van der Waals surface area contributed by atoms with Crippen molar-refractivity contribution in [3.63, 3.8) is 0 Å². The van der Waals surface area contributed by atoms with E-state index in [1.165, 1.54) is 5.56 Å². The fraction of sp³-hybridized carbons (Fsp3) is 0.538. The van der Waals surface area contributed by atoms with Crippen LogP contribution in [0.4, 0.5) is 0 Å². The number of benzene rings is 1. The number of hydrogen-bond acceptors (Lipinski definition) is 2. The maximum absolute atomic E-state index is 6.06. The number of hydrogen-bond donors (Lipinski definition) is 1. The average Bonchev–Trinajstić information content (AvgIpc) is 2.28. The second-order valence-electron chi connectivity index (χ2n) is 3.93. The summed E-state index contributed by atoms with van der Waals surface area (Å²) in [4.78, 5) is 0. The van der Waals surface area contributed by atoms with Crippen molar-refractivity contribution in [2.75, 3.05) is 13.2 Å². The topological polar surface area (TPSA) is 35.2 Å². The highest BCUT2D eigenvalue weighted by atomic mass is 79.9. The Balaban J connectivity index is 2.23. The molecule has 16 heavy (non-hydrogen) atoms. The summed E-state index contributed by atoms with van der Waals surface area (Å²) in [6.07, 6.45) is 3.01. The highest BCUT2D eigenvalue weighted by Gasteiger charge is 2.03. The zero-order chi connectivity index (χ0) is 11.8. The second kappa shape index (κ2) is 7.82. The number of nitrogens with two attached hydrogens (primary N) is 1. The van der Waals surface area contributed by atoms with Crippen molar-refractivity contribution in [1.29, 1.82) is 0 Å². The monoisotopic (exact) mass is 285 g/mol. The zero-order valence-electron chi connectivity index (χ0n) is 9.79. The van der Waals surface area contributed by atoms with Crippen LogP contribution in [0, 0.1) is 0 Å². The summed E-state index contributed by atoms with van der Waals surface area (Å²) < 4.78 is 6.40. The smallest absolute Gasteiger partial charge is 0.0466 e. The van der Waals surface area contributed by atoms with Gasteiger partial charge >= 0.3 is 0 Å². The third kappa shape index (κ3) is 5.64. The fourth-order valence-electron chi connectivity index (χ4n) is 1.62. The third-order valence-electron chi connectivity index (χ3n) is 2.48. The lowest BCUT2D eigenvalue weighted by molar-refractivity contribution is 0.142.